The molecule has 1 saturated heterocycles. The largest absolute Gasteiger partial charge is 0.368 e. The summed E-state index contributed by atoms with van der Waals surface area (Å²) in [5, 5.41) is 0. The van der Waals surface area contributed by atoms with Gasteiger partial charge < -0.3 is 5.73 Å². The van der Waals surface area contributed by atoms with Gasteiger partial charge in [0.05, 0.1) is 0 Å². The smallest absolute Gasteiger partial charge is 0.280 e. The predicted molar refractivity (Wildman–Crippen MR) is 58.6 cm³/mol. The van der Waals surface area contributed by atoms with Crippen LogP contribution in [0.25, 0.3) is 0 Å². The Morgan fingerprint density at radius 1 is 1.50 bits per heavy atom. The first-order valence-corrected chi connectivity index (χ1v) is 6.92. The SMILES string of the molecule is CC1CCCN1S(=O)(=O)NC1(C(N)=O)CC1. The number of nitrogens with one attached hydrogen (secondary N) is 1. The zero-order valence-corrected chi connectivity index (χ0v) is 10.1. The van der Waals surface area contributed by atoms with Crippen LogP contribution in [0.2, 0.25) is 0 Å². The molecule has 1 aliphatic heterocycles. The molecule has 1 unspecified atom stereocenters. The van der Waals surface area contributed by atoms with E-state index >= 15 is 0 Å². The van der Waals surface area contributed by atoms with Crippen molar-refractivity contribution in [2.75, 3.05) is 6.54 Å². The van der Waals surface area contributed by atoms with Crippen molar-refractivity contribution < 1.29 is 13.2 Å². The summed E-state index contributed by atoms with van der Waals surface area (Å²) in [4.78, 5) is 11.1. The van der Waals surface area contributed by atoms with Crippen LogP contribution >= 0.6 is 0 Å². The summed E-state index contributed by atoms with van der Waals surface area (Å²) in [6.45, 7) is 2.39. The van der Waals surface area contributed by atoms with Crippen LogP contribution in [-0.2, 0) is 15.0 Å². The average Bonchev–Trinajstić information content (AvgIpc) is 2.79. The lowest BCUT2D eigenvalue weighted by Crippen LogP contribution is -2.52. The molecule has 0 radical (unpaired) electrons. The van der Waals surface area contributed by atoms with Crippen LogP contribution in [-0.4, -0.2) is 36.8 Å². The van der Waals surface area contributed by atoms with Crippen molar-refractivity contribution in [1.82, 2.24) is 9.03 Å². The third-order valence-electron chi connectivity index (χ3n) is 3.35. The van der Waals surface area contributed by atoms with Crippen LogP contribution < -0.4 is 10.5 Å². The van der Waals surface area contributed by atoms with Gasteiger partial charge in [0.15, 0.2) is 0 Å². The molecule has 92 valence electrons. The standard InChI is InChI=1S/C9H17N3O3S/c1-7-3-2-6-12(7)16(14,15)11-9(4-5-9)8(10)13/h7,11H,2-6H2,1H3,(H2,10,13). The van der Waals surface area contributed by atoms with Gasteiger partial charge in [0.1, 0.15) is 5.54 Å². The van der Waals surface area contributed by atoms with Gasteiger partial charge in [0, 0.05) is 12.6 Å². The summed E-state index contributed by atoms with van der Waals surface area (Å²) in [5.41, 5.74) is 4.18. The van der Waals surface area contributed by atoms with E-state index in [0.717, 1.165) is 12.8 Å². The molecule has 6 nitrogen and oxygen atoms in total. The maximum atomic E-state index is 12.0. The molecule has 7 heteroatoms. The van der Waals surface area contributed by atoms with E-state index in [9.17, 15) is 13.2 Å². The van der Waals surface area contributed by atoms with E-state index in [2.05, 4.69) is 4.72 Å². The van der Waals surface area contributed by atoms with Crippen molar-refractivity contribution in [1.29, 1.82) is 0 Å². The Morgan fingerprint density at radius 2 is 2.12 bits per heavy atom. The van der Waals surface area contributed by atoms with Crippen LogP contribution in [0.1, 0.15) is 32.6 Å². The molecule has 2 fully saturated rings. The van der Waals surface area contributed by atoms with E-state index in [1.165, 1.54) is 4.31 Å². The second-order valence-electron chi connectivity index (χ2n) is 4.66. The summed E-state index contributed by atoms with van der Waals surface area (Å²) in [6.07, 6.45) is 2.74. The summed E-state index contributed by atoms with van der Waals surface area (Å²) >= 11 is 0. The average molecular weight is 247 g/mol. The number of nitrogens with two attached hydrogens (primary N) is 1. The number of amides is 1. The number of hydrogen-bond acceptors (Lipinski definition) is 3. The lowest BCUT2D eigenvalue weighted by molar-refractivity contribution is -0.120. The molecule has 2 rings (SSSR count). The number of hydrogen-bond donors (Lipinski definition) is 2. The molecule has 16 heavy (non-hydrogen) atoms. The monoisotopic (exact) mass is 247 g/mol. The highest BCUT2D eigenvalue weighted by atomic mass is 32.2. The van der Waals surface area contributed by atoms with Crippen LogP contribution in [0, 0.1) is 0 Å². The normalized spacial score (nSPS) is 29.2. The second-order valence-corrected chi connectivity index (χ2v) is 6.28. The molecule has 0 spiro atoms. The van der Waals surface area contributed by atoms with Gasteiger partial charge in [0.2, 0.25) is 5.91 Å². The van der Waals surface area contributed by atoms with Gasteiger partial charge >= 0.3 is 0 Å². The molecule has 1 heterocycles. The van der Waals surface area contributed by atoms with Crippen molar-refractivity contribution >= 4 is 16.1 Å². The van der Waals surface area contributed by atoms with Gasteiger partial charge in [-0.05, 0) is 32.6 Å². The fourth-order valence-corrected chi connectivity index (χ4v) is 3.96. The Morgan fingerprint density at radius 3 is 2.50 bits per heavy atom. The van der Waals surface area contributed by atoms with Gasteiger partial charge in [-0.3, -0.25) is 4.79 Å². The van der Waals surface area contributed by atoms with E-state index < -0.39 is 21.7 Å². The molecular formula is C9H17N3O3S. The molecule has 1 saturated carbocycles. The van der Waals surface area contributed by atoms with Crippen molar-refractivity contribution in [3.63, 3.8) is 0 Å². The van der Waals surface area contributed by atoms with Gasteiger partial charge in [-0.1, -0.05) is 0 Å². The van der Waals surface area contributed by atoms with Gasteiger partial charge in [-0.25, -0.2) is 0 Å². The summed E-state index contributed by atoms with van der Waals surface area (Å²) in [6, 6.07) is 0.00109. The van der Waals surface area contributed by atoms with Crippen LogP contribution in [0.3, 0.4) is 0 Å². The minimum Gasteiger partial charge on any atom is -0.368 e. The van der Waals surface area contributed by atoms with Crippen molar-refractivity contribution in [3.05, 3.63) is 0 Å². The van der Waals surface area contributed by atoms with Crippen LogP contribution in [0.5, 0.6) is 0 Å². The molecule has 2 aliphatic rings. The predicted octanol–water partition coefficient (Wildman–Crippen LogP) is -0.677. The zero-order valence-electron chi connectivity index (χ0n) is 9.27. The van der Waals surface area contributed by atoms with Crippen molar-refractivity contribution in [2.24, 2.45) is 5.73 Å². The Bertz CT molecular complexity index is 402. The molecule has 0 bridgehead atoms. The minimum atomic E-state index is -3.57. The minimum absolute atomic E-state index is 0.00109. The molecule has 1 atom stereocenters. The third-order valence-corrected chi connectivity index (χ3v) is 5.16. The highest BCUT2D eigenvalue weighted by Crippen LogP contribution is 2.36. The van der Waals surface area contributed by atoms with Gasteiger partial charge in [-0.2, -0.15) is 17.4 Å². The maximum Gasteiger partial charge on any atom is 0.280 e. The zero-order chi connectivity index (χ0) is 12.0. The molecule has 1 amide bonds. The van der Waals surface area contributed by atoms with E-state index in [-0.39, 0.29) is 6.04 Å². The molecule has 3 N–H and O–H groups in total. The highest BCUT2D eigenvalue weighted by Gasteiger charge is 2.52. The fraction of sp³-hybridized carbons (Fsp3) is 0.889. The van der Waals surface area contributed by atoms with Gasteiger partial charge in [0.25, 0.3) is 10.2 Å². The number of carbonyl (C=O) groups excluding carboxylic acids is 1. The third kappa shape index (κ3) is 1.94. The maximum absolute atomic E-state index is 12.0. The van der Waals surface area contributed by atoms with Crippen molar-refractivity contribution in [3.8, 4) is 0 Å². The molecule has 1 aliphatic carbocycles. The number of nitrogens with zero attached hydrogens (tertiary/aromatic N) is 1. The second kappa shape index (κ2) is 3.68. The number of carbonyl (C=O) groups is 1. The first kappa shape index (κ1) is 11.8. The fourth-order valence-electron chi connectivity index (χ4n) is 2.09. The van der Waals surface area contributed by atoms with E-state index in [4.69, 9.17) is 5.73 Å². The lowest BCUT2D eigenvalue weighted by Gasteiger charge is -2.24. The quantitative estimate of drug-likeness (QED) is 0.689. The summed E-state index contributed by atoms with van der Waals surface area (Å²) in [7, 11) is -3.57. The highest BCUT2D eigenvalue weighted by molar-refractivity contribution is 7.87. The van der Waals surface area contributed by atoms with Crippen LogP contribution in [0.4, 0.5) is 0 Å². The van der Waals surface area contributed by atoms with E-state index in [0.29, 0.717) is 19.4 Å². The van der Waals surface area contributed by atoms with Crippen LogP contribution in [0.15, 0.2) is 0 Å². The summed E-state index contributed by atoms with van der Waals surface area (Å²) in [5.74, 6) is -0.581. The Labute approximate surface area is 95.4 Å². The Balaban J connectivity index is 2.12. The Hall–Kier alpha value is -0.660. The molecule has 0 aromatic heterocycles. The first-order chi connectivity index (χ1) is 7.37. The van der Waals surface area contributed by atoms with Gasteiger partial charge in [-0.15, -0.1) is 0 Å². The molecule has 0 aromatic rings. The Kier molecular flexibility index (Phi) is 2.72. The van der Waals surface area contributed by atoms with Crippen molar-refractivity contribution in [2.45, 2.75) is 44.2 Å². The number of rotatable bonds is 4. The molecular weight excluding hydrogens is 230 g/mol. The van der Waals surface area contributed by atoms with E-state index in [1.54, 1.807) is 0 Å². The topological polar surface area (TPSA) is 92.5 Å². The lowest BCUT2D eigenvalue weighted by atomic mass is 10.3. The number of primary amides is 1. The first-order valence-electron chi connectivity index (χ1n) is 5.48. The molecule has 0 aromatic carbocycles. The van der Waals surface area contributed by atoms with E-state index in [1.807, 2.05) is 6.92 Å². The summed E-state index contributed by atoms with van der Waals surface area (Å²) < 4.78 is 27.9.